The minimum Gasteiger partial charge on any atom is -0.453 e. The van der Waals surface area contributed by atoms with Crippen LogP contribution in [0.1, 0.15) is 120 Å². The zero-order valence-electron chi connectivity index (χ0n) is 37.7. The summed E-state index contributed by atoms with van der Waals surface area (Å²) in [4.78, 5) is 74.9. The Labute approximate surface area is 378 Å². The van der Waals surface area contributed by atoms with Crippen LogP contribution in [0.25, 0.3) is 43.2 Å². The van der Waals surface area contributed by atoms with E-state index in [2.05, 4.69) is 63.1 Å². The predicted octanol–water partition coefficient (Wildman–Crippen LogP) is 9.19. The fourth-order valence-corrected chi connectivity index (χ4v) is 11.8. The lowest BCUT2D eigenvalue weighted by atomic mass is 9.56. The smallest absolute Gasteiger partial charge is 0.407 e. The topological polar surface area (TPSA) is 175 Å². The number of aromatic nitrogens is 4. The number of carbonyl (C=O) groups excluding carboxylic acids is 4. The molecule has 2 aromatic carbocycles. The predicted molar refractivity (Wildman–Crippen MR) is 247 cm³/mol. The third-order valence-corrected chi connectivity index (χ3v) is 15.4. The first-order chi connectivity index (χ1) is 30.9. The second-order valence-corrected chi connectivity index (χ2v) is 19.9. The van der Waals surface area contributed by atoms with Crippen molar-refractivity contribution >= 4 is 46.4 Å². The first kappa shape index (κ1) is 43.5. The minimum absolute atomic E-state index is 0.103. The summed E-state index contributed by atoms with van der Waals surface area (Å²) < 4.78 is 9.64. The van der Waals surface area contributed by atoms with E-state index in [0.717, 1.165) is 70.9 Å². The van der Waals surface area contributed by atoms with Gasteiger partial charge in [-0.15, -0.1) is 11.3 Å². The summed E-state index contributed by atoms with van der Waals surface area (Å²) in [7, 11) is 2.61. The van der Waals surface area contributed by atoms with E-state index in [1.54, 1.807) is 11.3 Å². The van der Waals surface area contributed by atoms with Crippen LogP contribution in [-0.4, -0.2) is 93.1 Å². The van der Waals surface area contributed by atoms with Gasteiger partial charge in [-0.3, -0.25) is 9.59 Å². The minimum atomic E-state index is -0.689. The molecule has 15 heteroatoms. The highest BCUT2D eigenvalue weighted by atomic mass is 32.1. The lowest BCUT2D eigenvalue weighted by molar-refractivity contribution is -0.136. The normalized spacial score (nSPS) is 20.1. The van der Waals surface area contributed by atoms with Crippen molar-refractivity contribution in [1.82, 2.24) is 40.4 Å². The van der Waals surface area contributed by atoms with Gasteiger partial charge in [-0.05, 0) is 127 Å². The third kappa shape index (κ3) is 7.94. The molecule has 2 saturated heterocycles. The molecule has 5 heterocycles. The van der Waals surface area contributed by atoms with E-state index in [-0.39, 0.29) is 41.1 Å². The molecule has 3 aromatic heterocycles. The second-order valence-electron chi connectivity index (χ2n) is 18.8. The third-order valence-electron chi connectivity index (χ3n) is 14.3. The van der Waals surface area contributed by atoms with E-state index in [1.165, 1.54) is 73.5 Å². The average Bonchev–Trinajstić information content (AvgIpc) is 4.14. The fraction of sp³-hybridized carbons (Fsp3) is 0.510. The largest absolute Gasteiger partial charge is 0.453 e. The molecule has 0 bridgehead atoms. The number of imidazole rings is 2. The lowest BCUT2D eigenvalue weighted by Gasteiger charge is -2.48. The van der Waals surface area contributed by atoms with Crippen LogP contribution in [0.15, 0.2) is 48.7 Å². The summed E-state index contributed by atoms with van der Waals surface area (Å²) in [6.07, 6.45) is 11.0. The number of carbonyl (C=O) groups is 4. The van der Waals surface area contributed by atoms with E-state index in [1.807, 2.05) is 43.7 Å². The molecule has 4 N–H and O–H groups in total. The van der Waals surface area contributed by atoms with Crippen molar-refractivity contribution in [3.8, 4) is 32.1 Å². The van der Waals surface area contributed by atoms with Crippen LogP contribution in [0.5, 0.6) is 0 Å². The van der Waals surface area contributed by atoms with Crippen molar-refractivity contribution in [2.75, 3.05) is 27.3 Å². The maximum Gasteiger partial charge on any atom is 0.407 e. The number of ether oxygens (including phenoxy) is 2. The number of thiophene rings is 1. The molecular formula is C49H60N8O6S. The van der Waals surface area contributed by atoms with Crippen molar-refractivity contribution in [3.63, 3.8) is 0 Å². The van der Waals surface area contributed by atoms with Crippen LogP contribution in [0.2, 0.25) is 0 Å². The standard InChI is InChI=1S/C49H60N8O6S/c1-27(2)41(54-47(60)62-5)45(58)56-23-8-12-36(56)43-50-26-35(53-43)39-19-18-38(64-39)31-16-15-30(40-32(31)11-7-20-49(40)21-10-22-49)29-14-17-33-34(25-29)52-44(51-33)37-13-9-24-57(37)46(59)42(28(3)4)55-48(61)63-6/h14-19,25-28,36-37,41-42H,7-13,20-24H2,1-6H3,(H,50,53)(H,51,52)(H,54,60)(H,55,61)/t36-,37-,41-,42-/m0/s1. The van der Waals surface area contributed by atoms with Gasteiger partial charge in [0.05, 0.1) is 54.1 Å². The number of benzene rings is 2. The summed E-state index contributed by atoms with van der Waals surface area (Å²) in [6.45, 7) is 8.90. The Bertz CT molecular complexity index is 2570. The first-order valence-electron chi connectivity index (χ1n) is 23.0. The number of H-pyrrole nitrogens is 2. The molecular weight excluding hydrogens is 829 g/mol. The van der Waals surface area contributed by atoms with Crippen molar-refractivity contribution in [2.24, 2.45) is 11.8 Å². The number of fused-ring (bicyclic) bond motifs is 3. The van der Waals surface area contributed by atoms with Gasteiger partial charge in [-0.1, -0.05) is 52.3 Å². The van der Waals surface area contributed by atoms with E-state index >= 15 is 0 Å². The Hall–Kier alpha value is -5.70. The van der Waals surface area contributed by atoms with Crippen LogP contribution in [0.3, 0.4) is 0 Å². The molecule has 4 atom stereocenters. The van der Waals surface area contributed by atoms with Gasteiger partial charge in [0, 0.05) is 18.0 Å². The summed E-state index contributed by atoms with van der Waals surface area (Å²) in [5.74, 6) is 1.07. The van der Waals surface area contributed by atoms with E-state index in [4.69, 9.17) is 19.4 Å². The Morgan fingerprint density at radius 1 is 0.750 bits per heavy atom. The van der Waals surface area contributed by atoms with Crippen molar-refractivity contribution in [2.45, 2.75) is 121 Å². The summed E-state index contributed by atoms with van der Waals surface area (Å²) in [5.41, 5.74) is 9.61. The molecule has 9 rings (SSSR count). The number of rotatable bonds is 11. The molecule has 5 aromatic rings. The number of nitrogens with zero attached hydrogens (tertiary/aromatic N) is 4. The Kier molecular flexibility index (Phi) is 12.0. The number of methoxy groups -OCH3 is 2. The highest BCUT2D eigenvalue weighted by Gasteiger charge is 2.44. The van der Waals surface area contributed by atoms with Crippen molar-refractivity contribution in [3.05, 3.63) is 71.4 Å². The fourth-order valence-electron chi connectivity index (χ4n) is 10.8. The quantitative estimate of drug-likeness (QED) is 0.102. The molecule has 0 radical (unpaired) electrons. The van der Waals surface area contributed by atoms with Gasteiger partial charge in [0.25, 0.3) is 0 Å². The number of alkyl carbamates (subject to hydrolysis) is 2. The van der Waals surface area contributed by atoms with Gasteiger partial charge in [0.15, 0.2) is 0 Å². The Morgan fingerprint density at radius 3 is 1.97 bits per heavy atom. The number of likely N-dealkylation sites (tertiary alicyclic amines) is 2. The van der Waals surface area contributed by atoms with Crippen LogP contribution >= 0.6 is 11.3 Å². The van der Waals surface area contributed by atoms with E-state index < -0.39 is 24.3 Å². The lowest BCUT2D eigenvalue weighted by Crippen LogP contribution is -2.51. The molecule has 1 spiro atoms. The SMILES string of the molecule is COC(=O)N[C@H](C(=O)N1CCC[C@H]1c1ncc(-c2ccc(-c3ccc(-c4ccc5nc([C@@H]6CCCN6C(=O)[C@@H](NC(=O)OC)C(C)C)[nH]c5c4)c4c3CCCC43CCC3)s2)[nH]1)C(C)C. The molecule has 1 saturated carbocycles. The molecule has 338 valence electrons. The summed E-state index contributed by atoms with van der Waals surface area (Å²) in [6, 6.07) is 13.8. The zero-order chi connectivity index (χ0) is 44.9. The number of amides is 4. The summed E-state index contributed by atoms with van der Waals surface area (Å²) >= 11 is 1.76. The van der Waals surface area contributed by atoms with Crippen LogP contribution < -0.4 is 10.6 Å². The Balaban J connectivity index is 0.988. The van der Waals surface area contributed by atoms with Gasteiger partial charge >= 0.3 is 12.2 Å². The van der Waals surface area contributed by atoms with Gasteiger partial charge in [-0.2, -0.15) is 0 Å². The first-order valence-corrected chi connectivity index (χ1v) is 23.8. The summed E-state index contributed by atoms with van der Waals surface area (Å²) in [5, 5.41) is 5.48. The monoisotopic (exact) mass is 888 g/mol. The highest BCUT2D eigenvalue weighted by molar-refractivity contribution is 7.18. The highest BCUT2D eigenvalue weighted by Crippen LogP contribution is 2.56. The van der Waals surface area contributed by atoms with Gasteiger partial charge in [0.2, 0.25) is 11.8 Å². The van der Waals surface area contributed by atoms with Gasteiger partial charge in [-0.25, -0.2) is 19.6 Å². The second kappa shape index (κ2) is 17.7. The molecule has 64 heavy (non-hydrogen) atoms. The molecule has 0 unspecified atom stereocenters. The Morgan fingerprint density at radius 2 is 1.36 bits per heavy atom. The van der Waals surface area contributed by atoms with Crippen molar-refractivity contribution < 1.29 is 28.7 Å². The zero-order valence-corrected chi connectivity index (χ0v) is 38.5. The van der Waals surface area contributed by atoms with E-state index in [9.17, 15) is 19.2 Å². The maximum absolute atomic E-state index is 13.8. The molecule has 14 nitrogen and oxygen atoms in total. The molecule has 4 amide bonds. The number of hydrogen-bond donors (Lipinski definition) is 4. The average molecular weight is 889 g/mol. The van der Waals surface area contributed by atoms with Crippen LogP contribution in [0, 0.1) is 11.8 Å². The van der Waals surface area contributed by atoms with E-state index in [0.29, 0.717) is 13.1 Å². The number of nitrogens with one attached hydrogen (secondary N) is 4. The molecule has 2 aliphatic carbocycles. The number of aromatic amines is 2. The van der Waals surface area contributed by atoms with Gasteiger partial charge in [0.1, 0.15) is 23.7 Å². The van der Waals surface area contributed by atoms with Crippen LogP contribution in [0.4, 0.5) is 9.59 Å². The maximum atomic E-state index is 13.8. The van der Waals surface area contributed by atoms with Crippen molar-refractivity contribution in [1.29, 1.82) is 0 Å². The number of hydrogen-bond acceptors (Lipinski definition) is 9. The molecule has 4 aliphatic rings. The molecule has 2 aliphatic heterocycles. The van der Waals surface area contributed by atoms with Crippen LogP contribution in [-0.2, 0) is 30.9 Å². The van der Waals surface area contributed by atoms with Gasteiger partial charge < -0.3 is 39.9 Å². The molecule has 3 fully saturated rings.